The lowest BCUT2D eigenvalue weighted by Gasteiger charge is -2.29. The second-order valence-corrected chi connectivity index (χ2v) is 5.11. The van der Waals surface area contributed by atoms with E-state index in [-0.39, 0.29) is 0 Å². The normalized spacial score (nSPS) is 18.3. The predicted octanol–water partition coefficient (Wildman–Crippen LogP) is 1.62. The largest absolute Gasteiger partial charge is 0.396 e. The average molecular weight is 253 g/mol. The molecule has 0 aliphatic carbocycles. The van der Waals surface area contributed by atoms with E-state index in [0.717, 1.165) is 63.5 Å². The van der Waals surface area contributed by atoms with Gasteiger partial charge in [0.05, 0.1) is 6.54 Å². The Morgan fingerprint density at radius 3 is 2.83 bits per heavy atom. The van der Waals surface area contributed by atoms with Crippen molar-refractivity contribution in [3.05, 3.63) is 11.7 Å². The third-order valence-corrected chi connectivity index (χ3v) is 3.58. The fourth-order valence-corrected chi connectivity index (χ4v) is 2.31. The number of aliphatic hydroxyl groups excluding tert-OH is 1. The first kappa shape index (κ1) is 13.5. The van der Waals surface area contributed by atoms with Crippen molar-refractivity contribution in [2.75, 3.05) is 19.7 Å². The molecule has 1 aliphatic heterocycles. The molecule has 0 amide bonds. The summed E-state index contributed by atoms with van der Waals surface area (Å²) in [7, 11) is 0. The second kappa shape index (κ2) is 6.85. The van der Waals surface area contributed by atoms with Crippen LogP contribution in [0, 0.1) is 5.92 Å². The van der Waals surface area contributed by atoms with Crippen LogP contribution in [0.15, 0.2) is 4.52 Å². The molecule has 2 rings (SSSR count). The molecule has 0 atom stereocenters. The summed E-state index contributed by atoms with van der Waals surface area (Å²) in [6.07, 6.45) is 5.26. The van der Waals surface area contributed by atoms with Crippen LogP contribution >= 0.6 is 0 Å². The monoisotopic (exact) mass is 253 g/mol. The SMILES string of the molecule is CCCCc1nc(CN2CCC(CO)CC2)no1. The van der Waals surface area contributed by atoms with E-state index in [9.17, 15) is 0 Å². The Kier molecular flexibility index (Phi) is 5.13. The van der Waals surface area contributed by atoms with E-state index in [1.54, 1.807) is 0 Å². The molecule has 18 heavy (non-hydrogen) atoms. The van der Waals surface area contributed by atoms with Crippen molar-refractivity contribution in [2.45, 2.75) is 45.6 Å². The number of likely N-dealkylation sites (tertiary alicyclic amines) is 1. The predicted molar refractivity (Wildman–Crippen MR) is 68.0 cm³/mol. The van der Waals surface area contributed by atoms with Crippen LogP contribution in [0.4, 0.5) is 0 Å². The zero-order valence-electron chi connectivity index (χ0n) is 11.1. The van der Waals surface area contributed by atoms with E-state index in [0.29, 0.717) is 12.5 Å². The van der Waals surface area contributed by atoms with Crippen LogP contribution in [0.5, 0.6) is 0 Å². The summed E-state index contributed by atoms with van der Waals surface area (Å²) in [5.74, 6) is 2.03. The van der Waals surface area contributed by atoms with E-state index in [1.807, 2.05) is 0 Å². The van der Waals surface area contributed by atoms with E-state index < -0.39 is 0 Å². The Bertz CT molecular complexity index is 346. The summed E-state index contributed by atoms with van der Waals surface area (Å²) in [6, 6.07) is 0. The van der Waals surface area contributed by atoms with Crippen LogP contribution in [-0.4, -0.2) is 39.8 Å². The number of hydrogen-bond donors (Lipinski definition) is 1. The zero-order chi connectivity index (χ0) is 12.8. The number of rotatable bonds is 6. The van der Waals surface area contributed by atoms with Gasteiger partial charge in [0.2, 0.25) is 5.89 Å². The summed E-state index contributed by atoms with van der Waals surface area (Å²) in [5, 5.41) is 13.1. The first-order valence-electron chi connectivity index (χ1n) is 6.96. The summed E-state index contributed by atoms with van der Waals surface area (Å²) in [5.41, 5.74) is 0. The quantitative estimate of drug-likeness (QED) is 0.834. The molecule has 1 aliphatic rings. The Labute approximate surface area is 108 Å². The molecule has 1 saturated heterocycles. The van der Waals surface area contributed by atoms with E-state index in [2.05, 4.69) is 22.0 Å². The van der Waals surface area contributed by atoms with Gasteiger partial charge in [-0.1, -0.05) is 18.5 Å². The minimum Gasteiger partial charge on any atom is -0.396 e. The fourth-order valence-electron chi connectivity index (χ4n) is 2.31. The molecule has 0 unspecified atom stereocenters. The van der Waals surface area contributed by atoms with Gasteiger partial charge in [-0.2, -0.15) is 4.98 Å². The second-order valence-electron chi connectivity index (χ2n) is 5.11. The summed E-state index contributed by atoms with van der Waals surface area (Å²) < 4.78 is 5.22. The molecule has 1 fully saturated rings. The lowest BCUT2D eigenvalue weighted by Crippen LogP contribution is -2.34. The number of piperidine rings is 1. The minimum atomic E-state index is 0.317. The number of aliphatic hydroxyl groups is 1. The standard InChI is InChI=1S/C13H23N3O2/c1-2-3-4-13-14-12(15-18-13)9-16-7-5-11(10-17)6-8-16/h11,17H,2-10H2,1H3. The van der Waals surface area contributed by atoms with Crippen LogP contribution in [0.1, 0.15) is 44.3 Å². The van der Waals surface area contributed by atoms with Crippen LogP contribution < -0.4 is 0 Å². The van der Waals surface area contributed by atoms with Gasteiger partial charge in [-0.3, -0.25) is 4.90 Å². The lowest BCUT2D eigenvalue weighted by molar-refractivity contribution is 0.125. The highest BCUT2D eigenvalue weighted by Gasteiger charge is 2.19. The van der Waals surface area contributed by atoms with Gasteiger partial charge in [0.15, 0.2) is 5.82 Å². The van der Waals surface area contributed by atoms with Crippen LogP contribution in [0.2, 0.25) is 0 Å². The topological polar surface area (TPSA) is 62.4 Å². The van der Waals surface area contributed by atoms with Crippen molar-refractivity contribution in [2.24, 2.45) is 5.92 Å². The molecule has 1 aromatic rings. The van der Waals surface area contributed by atoms with Crippen LogP contribution in [0.3, 0.4) is 0 Å². The number of aromatic nitrogens is 2. The Morgan fingerprint density at radius 2 is 2.17 bits per heavy atom. The molecule has 0 spiro atoms. The highest BCUT2D eigenvalue weighted by atomic mass is 16.5. The Balaban J connectivity index is 1.77. The maximum atomic E-state index is 9.09. The zero-order valence-corrected chi connectivity index (χ0v) is 11.1. The molecule has 1 N–H and O–H groups in total. The fraction of sp³-hybridized carbons (Fsp3) is 0.846. The highest BCUT2D eigenvalue weighted by Crippen LogP contribution is 2.17. The van der Waals surface area contributed by atoms with Gasteiger partial charge in [0.1, 0.15) is 0 Å². The van der Waals surface area contributed by atoms with Gasteiger partial charge in [0.25, 0.3) is 0 Å². The van der Waals surface area contributed by atoms with Gasteiger partial charge < -0.3 is 9.63 Å². The van der Waals surface area contributed by atoms with Crippen LogP contribution in [0.25, 0.3) is 0 Å². The maximum Gasteiger partial charge on any atom is 0.226 e. The number of aryl methyl sites for hydroxylation is 1. The van der Waals surface area contributed by atoms with Gasteiger partial charge in [-0.05, 0) is 38.3 Å². The molecule has 0 bridgehead atoms. The number of nitrogens with zero attached hydrogens (tertiary/aromatic N) is 3. The molecule has 1 aromatic heterocycles. The summed E-state index contributed by atoms with van der Waals surface area (Å²) in [4.78, 5) is 6.75. The summed E-state index contributed by atoms with van der Waals surface area (Å²) >= 11 is 0. The third kappa shape index (κ3) is 3.78. The Morgan fingerprint density at radius 1 is 1.39 bits per heavy atom. The minimum absolute atomic E-state index is 0.317. The molecule has 5 nitrogen and oxygen atoms in total. The molecule has 2 heterocycles. The van der Waals surface area contributed by atoms with E-state index in [4.69, 9.17) is 9.63 Å². The van der Waals surface area contributed by atoms with Crippen molar-refractivity contribution in [1.82, 2.24) is 15.0 Å². The third-order valence-electron chi connectivity index (χ3n) is 3.58. The Hall–Kier alpha value is -0.940. The highest BCUT2D eigenvalue weighted by molar-refractivity contribution is 4.87. The molecule has 0 radical (unpaired) electrons. The molecular weight excluding hydrogens is 230 g/mol. The van der Waals surface area contributed by atoms with Crippen LogP contribution in [-0.2, 0) is 13.0 Å². The van der Waals surface area contributed by atoms with Crippen molar-refractivity contribution < 1.29 is 9.63 Å². The summed E-state index contributed by atoms with van der Waals surface area (Å²) in [6.45, 7) is 5.28. The van der Waals surface area contributed by atoms with Gasteiger partial charge in [-0.15, -0.1) is 0 Å². The molecule has 5 heteroatoms. The van der Waals surface area contributed by atoms with E-state index in [1.165, 1.54) is 0 Å². The van der Waals surface area contributed by atoms with Crippen molar-refractivity contribution >= 4 is 0 Å². The van der Waals surface area contributed by atoms with Gasteiger partial charge >= 0.3 is 0 Å². The van der Waals surface area contributed by atoms with Crippen molar-refractivity contribution in [3.8, 4) is 0 Å². The van der Waals surface area contributed by atoms with Gasteiger partial charge in [0, 0.05) is 13.0 Å². The van der Waals surface area contributed by atoms with E-state index >= 15 is 0 Å². The van der Waals surface area contributed by atoms with Crippen molar-refractivity contribution in [1.29, 1.82) is 0 Å². The first-order valence-corrected chi connectivity index (χ1v) is 6.96. The molecular formula is C13H23N3O2. The number of unbranched alkanes of at least 4 members (excludes halogenated alkanes) is 1. The molecule has 0 saturated carbocycles. The van der Waals surface area contributed by atoms with Gasteiger partial charge in [-0.25, -0.2) is 0 Å². The molecule has 102 valence electrons. The lowest BCUT2D eigenvalue weighted by atomic mass is 9.98. The first-order chi connectivity index (χ1) is 8.81. The average Bonchev–Trinajstić information content (AvgIpc) is 2.85. The molecule has 0 aromatic carbocycles. The smallest absolute Gasteiger partial charge is 0.226 e. The number of hydrogen-bond acceptors (Lipinski definition) is 5. The van der Waals surface area contributed by atoms with Crippen molar-refractivity contribution in [3.63, 3.8) is 0 Å². The maximum absolute atomic E-state index is 9.09.